The Morgan fingerprint density at radius 1 is 1.07 bits per heavy atom. The highest BCUT2D eigenvalue weighted by Gasteiger charge is 2.21. The number of hydrogen-bond acceptors (Lipinski definition) is 3. The minimum absolute atomic E-state index is 0.146. The molecule has 1 amide bonds. The third-order valence-corrected chi connectivity index (χ3v) is 5.37. The van der Waals surface area contributed by atoms with E-state index >= 15 is 0 Å². The number of halogens is 1. The minimum atomic E-state index is -0.261. The van der Waals surface area contributed by atoms with Crippen LogP contribution >= 0.6 is 11.6 Å². The summed E-state index contributed by atoms with van der Waals surface area (Å²) < 4.78 is 1.75. The van der Waals surface area contributed by atoms with Crippen LogP contribution in [0.4, 0.5) is 0 Å². The van der Waals surface area contributed by atoms with Crippen LogP contribution in [0.1, 0.15) is 40.1 Å². The van der Waals surface area contributed by atoms with E-state index in [0.29, 0.717) is 21.6 Å². The van der Waals surface area contributed by atoms with Crippen molar-refractivity contribution in [2.45, 2.75) is 26.8 Å². The zero-order chi connectivity index (χ0) is 20.5. The molecule has 6 heteroatoms. The first-order chi connectivity index (χ1) is 14.0. The monoisotopic (exact) mass is 404 g/mol. The molecule has 2 heterocycles. The minimum Gasteiger partial charge on any atom is -0.345 e. The molecule has 4 rings (SSSR count). The number of nitrogens with zero attached hydrogens (tertiary/aromatic N) is 3. The summed E-state index contributed by atoms with van der Waals surface area (Å²) in [5.74, 6) is -0.261. The lowest BCUT2D eigenvalue weighted by molar-refractivity contribution is 0.0940. The quantitative estimate of drug-likeness (QED) is 0.509. The molecule has 1 N–H and O–H groups in total. The van der Waals surface area contributed by atoms with Gasteiger partial charge in [0.25, 0.3) is 5.91 Å². The largest absolute Gasteiger partial charge is 0.345 e. The maximum absolute atomic E-state index is 12.9. The Hall–Kier alpha value is -3.18. The average Bonchev–Trinajstić information content (AvgIpc) is 3.06. The Morgan fingerprint density at radius 3 is 2.45 bits per heavy atom. The molecule has 0 fully saturated rings. The number of nitrogens with one attached hydrogen (secondary N) is 1. The summed E-state index contributed by atoms with van der Waals surface area (Å²) in [6, 6.07) is 17.7. The number of benzene rings is 2. The first kappa shape index (κ1) is 19.2. The molecule has 0 radical (unpaired) electrons. The van der Waals surface area contributed by atoms with Crippen molar-refractivity contribution >= 4 is 28.5 Å². The predicted molar refractivity (Wildman–Crippen MR) is 116 cm³/mol. The summed E-state index contributed by atoms with van der Waals surface area (Å²) in [7, 11) is 0. The summed E-state index contributed by atoms with van der Waals surface area (Å²) in [4.78, 5) is 17.4. The number of carbonyl (C=O) groups is 1. The van der Waals surface area contributed by atoms with Crippen LogP contribution in [0, 0.1) is 13.8 Å². The van der Waals surface area contributed by atoms with Crippen LogP contribution in [-0.4, -0.2) is 20.7 Å². The van der Waals surface area contributed by atoms with Gasteiger partial charge in [-0.15, -0.1) is 0 Å². The fourth-order valence-electron chi connectivity index (χ4n) is 3.33. The van der Waals surface area contributed by atoms with Gasteiger partial charge < -0.3 is 5.32 Å². The van der Waals surface area contributed by atoms with Crippen LogP contribution in [0.25, 0.3) is 16.7 Å². The van der Waals surface area contributed by atoms with Gasteiger partial charge in [0.15, 0.2) is 5.65 Å². The highest BCUT2D eigenvalue weighted by molar-refractivity contribution is 6.38. The van der Waals surface area contributed by atoms with Crippen LogP contribution in [0.5, 0.6) is 0 Å². The summed E-state index contributed by atoms with van der Waals surface area (Å²) in [5.41, 5.74) is 4.78. The van der Waals surface area contributed by atoms with Crippen LogP contribution in [-0.2, 0) is 0 Å². The summed E-state index contributed by atoms with van der Waals surface area (Å²) in [6.45, 7) is 5.84. The first-order valence-electron chi connectivity index (χ1n) is 9.42. The van der Waals surface area contributed by atoms with E-state index in [1.165, 1.54) is 11.8 Å². The second kappa shape index (κ2) is 7.68. The number of pyridine rings is 1. The molecule has 0 aliphatic heterocycles. The van der Waals surface area contributed by atoms with Crippen molar-refractivity contribution < 1.29 is 4.79 Å². The first-order valence-corrected chi connectivity index (χ1v) is 9.80. The molecule has 2 aromatic heterocycles. The number of hydrogen-bond donors (Lipinski definition) is 1. The fraction of sp³-hybridized carbons (Fsp3) is 0.174. The van der Waals surface area contributed by atoms with E-state index in [1.807, 2.05) is 75.4 Å². The number of amides is 1. The van der Waals surface area contributed by atoms with Crippen molar-refractivity contribution in [2.75, 3.05) is 0 Å². The third-order valence-electron chi connectivity index (χ3n) is 4.98. The normalized spacial score (nSPS) is 12.1. The van der Waals surface area contributed by atoms with Gasteiger partial charge in [0, 0.05) is 6.20 Å². The average molecular weight is 405 g/mol. The Bertz CT molecular complexity index is 1180. The third kappa shape index (κ3) is 3.61. The van der Waals surface area contributed by atoms with Gasteiger partial charge in [0.2, 0.25) is 0 Å². The topological polar surface area (TPSA) is 59.8 Å². The van der Waals surface area contributed by atoms with Gasteiger partial charge in [-0.3, -0.25) is 4.79 Å². The van der Waals surface area contributed by atoms with Crippen molar-refractivity contribution in [1.82, 2.24) is 20.1 Å². The zero-order valence-electron chi connectivity index (χ0n) is 16.5. The lowest BCUT2D eigenvalue weighted by Crippen LogP contribution is -2.27. The highest BCUT2D eigenvalue weighted by atomic mass is 35.5. The van der Waals surface area contributed by atoms with E-state index < -0.39 is 0 Å². The Balaban J connectivity index is 1.70. The van der Waals surface area contributed by atoms with Gasteiger partial charge >= 0.3 is 0 Å². The van der Waals surface area contributed by atoms with Crippen LogP contribution < -0.4 is 5.32 Å². The van der Waals surface area contributed by atoms with Gasteiger partial charge in [-0.25, -0.2) is 9.67 Å². The van der Waals surface area contributed by atoms with Gasteiger partial charge in [-0.05, 0) is 38.5 Å². The smallest absolute Gasteiger partial charge is 0.254 e. The molecule has 0 bridgehead atoms. The number of rotatable bonds is 4. The van der Waals surface area contributed by atoms with Crippen molar-refractivity contribution in [2.24, 2.45) is 0 Å². The SMILES string of the molecule is Cc1ccc(-n2nc(C)c3c(Cl)c(C(=O)N[C@@H](C)c4ccccc4)cnc32)cc1. The van der Waals surface area contributed by atoms with E-state index in [4.69, 9.17) is 11.6 Å². The number of aromatic nitrogens is 3. The van der Waals surface area contributed by atoms with E-state index in [2.05, 4.69) is 15.4 Å². The second-order valence-electron chi connectivity index (χ2n) is 7.12. The molecule has 5 nitrogen and oxygen atoms in total. The second-order valence-corrected chi connectivity index (χ2v) is 7.50. The van der Waals surface area contributed by atoms with Crippen molar-refractivity contribution in [3.63, 3.8) is 0 Å². The molecular formula is C23H21ClN4O. The molecule has 0 unspecified atom stereocenters. The van der Waals surface area contributed by atoms with Crippen molar-refractivity contribution in [3.8, 4) is 5.69 Å². The molecule has 0 saturated heterocycles. The Kier molecular flexibility index (Phi) is 5.07. The molecular weight excluding hydrogens is 384 g/mol. The van der Waals surface area contributed by atoms with Gasteiger partial charge in [0.1, 0.15) is 0 Å². The van der Waals surface area contributed by atoms with Crippen molar-refractivity contribution in [3.05, 3.63) is 88.2 Å². The van der Waals surface area contributed by atoms with Crippen LogP contribution in [0.15, 0.2) is 60.8 Å². The van der Waals surface area contributed by atoms with Crippen molar-refractivity contribution in [1.29, 1.82) is 0 Å². The highest BCUT2D eigenvalue weighted by Crippen LogP contribution is 2.30. The standard InChI is InChI=1S/C23H21ClN4O/c1-14-9-11-18(12-10-14)28-22-20(16(3)27-28)21(24)19(13-25-22)23(29)26-15(2)17-7-5-4-6-8-17/h4-13,15H,1-3H3,(H,26,29)/t15-/m0/s1. The molecule has 0 aliphatic carbocycles. The molecule has 2 aromatic carbocycles. The molecule has 0 saturated carbocycles. The summed E-state index contributed by atoms with van der Waals surface area (Å²) >= 11 is 6.64. The lowest BCUT2D eigenvalue weighted by Gasteiger charge is -2.15. The zero-order valence-corrected chi connectivity index (χ0v) is 17.2. The maximum Gasteiger partial charge on any atom is 0.254 e. The van der Waals surface area contributed by atoms with E-state index in [1.54, 1.807) is 4.68 Å². The molecule has 4 aromatic rings. The molecule has 146 valence electrons. The predicted octanol–water partition coefficient (Wildman–Crippen LogP) is 5.18. The van der Waals surface area contributed by atoms with E-state index in [9.17, 15) is 4.79 Å². The number of aryl methyl sites for hydroxylation is 2. The summed E-state index contributed by atoms with van der Waals surface area (Å²) in [5, 5.41) is 8.64. The lowest BCUT2D eigenvalue weighted by atomic mass is 10.1. The van der Waals surface area contributed by atoms with E-state index in [0.717, 1.165) is 16.9 Å². The number of carbonyl (C=O) groups excluding carboxylic acids is 1. The molecule has 1 atom stereocenters. The van der Waals surface area contributed by atoms with Crippen LogP contribution in [0.2, 0.25) is 5.02 Å². The van der Waals surface area contributed by atoms with Gasteiger partial charge in [-0.1, -0.05) is 59.6 Å². The van der Waals surface area contributed by atoms with Crippen LogP contribution in [0.3, 0.4) is 0 Å². The summed E-state index contributed by atoms with van der Waals surface area (Å²) in [6.07, 6.45) is 1.52. The van der Waals surface area contributed by atoms with E-state index in [-0.39, 0.29) is 11.9 Å². The van der Waals surface area contributed by atoms with Gasteiger partial charge in [0.05, 0.1) is 33.4 Å². The number of fused-ring (bicyclic) bond motifs is 1. The molecule has 0 aliphatic rings. The fourth-order valence-corrected chi connectivity index (χ4v) is 3.69. The molecule has 29 heavy (non-hydrogen) atoms. The van der Waals surface area contributed by atoms with Gasteiger partial charge in [-0.2, -0.15) is 5.10 Å². The maximum atomic E-state index is 12.9. The Labute approximate surface area is 174 Å². The molecule has 0 spiro atoms. The Morgan fingerprint density at radius 2 is 1.76 bits per heavy atom.